The van der Waals surface area contributed by atoms with E-state index in [1.807, 2.05) is 12.1 Å². The molecule has 112 valence electrons. The molecule has 0 spiro atoms. The molecule has 0 saturated heterocycles. The van der Waals surface area contributed by atoms with Gasteiger partial charge in [-0.3, -0.25) is 9.88 Å². The molecule has 0 atom stereocenters. The maximum absolute atomic E-state index is 8.63. The van der Waals surface area contributed by atoms with Gasteiger partial charge in [0.05, 0.1) is 5.52 Å². The molecular formula is C16H22N4O. The summed E-state index contributed by atoms with van der Waals surface area (Å²) in [4.78, 5) is 6.63. The van der Waals surface area contributed by atoms with Gasteiger partial charge in [-0.15, -0.1) is 0 Å². The number of aromatic nitrogens is 1. The monoisotopic (exact) mass is 286 g/mol. The van der Waals surface area contributed by atoms with Crippen LogP contribution in [0.4, 0.5) is 0 Å². The third-order valence-corrected chi connectivity index (χ3v) is 3.57. The van der Waals surface area contributed by atoms with Gasteiger partial charge in [0.25, 0.3) is 0 Å². The second kappa shape index (κ2) is 7.04. The van der Waals surface area contributed by atoms with E-state index >= 15 is 0 Å². The Balaban J connectivity index is 2.11. The Hall–Kier alpha value is -2.14. The SMILES string of the molecule is CC(C)N(CCC(N)=NO)Cc1ccc2ncccc2c1. The van der Waals surface area contributed by atoms with Gasteiger partial charge in [0.2, 0.25) is 0 Å². The molecule has 0 saturated carbocycles. The summed E-state index contributed by atoms with van der Waals surface area (Å²) in [5.74, 6) is 0.267. The molecule has 0 amide bonds. The van der Waals surface area contributed by atoms with Crippen LogP contribution in [0.25, 0.3) is 10.9 Å². The molecule has 0 bridgehead atoms. The van der Waals surface area contributed by atoms with Crippen molar-refractivity contribution in [3.05, 3.63) is 42.1 Å². The van der Waals surface area contributed by atoms with E-state index in [-0.39, 0.29) is 5.84 Å². The molecule has 0 unspecified atom stereocenters. The zero-order chi connectivity index (χ0) is 15.2. The van der Waals surface area contributed by atoms with Gasteiger partial charge in [-0.2, -0.15) is 0 Å². The van der Waals surface area contributed by atoms with Crippen LogP contribution in [0.15, 0.2) is 41.7 Å². The first-order valence-electron chi connectivity index (χ1n) is 7.14. The van der Waals surface area contributed by atoms with Crippen LogP contribution in [0, 0.1) is 0 Å². The Morgan fingerprint density at radius 2 is 2.19 bits per heavy atom. The molecule has 2 rings (SSSR count). The number of nitrogens with two attached hydrogens (primary N) is 1. The van der Waals surface area contributed by atoms with Crippen molar-refractivity contribution in [2.45, 2.75) is 32.9 Å². The standard InChI is InChI=1S/C16H22N4O/c1-12(2)20(9-7-16(17)19-21)11-13-5-6-15-14(10-13)4-3-8-18-15/h3-6,8,10,12,21H,7,9,11H2,1-2H3,(H2,17,19). The summed E-state index contributed by atoms with van der Waals surface area (Å²) in [5.41, 5.74) is 7.80. The fourth-order valence-electron chi connectivity index (χ4n) is 2.29. The van der Waals surface area contributed by atoms with E-state index in [9.17, 15) is 0 Å². The van der Waals surface area contributed by atoms with Gasteiger partial charge in [-0.05, 0) is 37.6 Å². The van der Waals surface area contributed by atoms with Crippen molar-refractivity contribution in [1.82, 2.24) is 9.88 Å². The molecule has 0 aliphatic rings. The zero-order valence-electron chi connectivity index (χ0n) is 12.5. The van der Waals surface area contributed by atoms with Crippen LogP contribution in [0.5, 0.6) is 0 Å². The lowest BCUT2D eigenvalue weighted by Gasteiger charge is -2.26. The number of fused-ring (bicyclic) bond motifs is 1. The summed E-state index contributed by atoms with van der Waals surface area (Å²) >= 11 is 0. The molecule has 3 N–H and O–H groups in total. The molecule has 1 aromatic carbocycles. The Kier molecular flexibility index (Phi) is 5.11. The number of amidine groups is 1. The summed E-state index contributed by atoms with van der Waals surface area (Å²) < 4.78 is 0. The minimum Gasteiger partial charge on any atom is -0.409 e. The predicted octanol–water partition coefficient (Wildman–Crippen LogP) is 2.58. The number of nitrogens with zero attached hydrogens (tertiary/aromatic N) is 3. The van der Waals surface area contributed by atoms with Gasteiger partial charge >= 0.3 is 0 Å². The summed E-state index contributed by atoms with van der Waals surface area (Å²) in [6, 6.07) is 10.7. The van der Waals surface area contributed by atoms with Crippen LogP contribution in [0.1, 0.15) is 25.8 Å². The van der Waals surface area contributed by atoms with Crippen molar-refractivity contribution in [3.63, 3.8) is 0 Å². The van der Waals surface area contributed by atoms with E-state index in [1.165, 1.54) is 5.56 Å². The van der Waals surface area contributed by atoms with Crippen molar-refractivity contribution in [1.29, 1.82) is 0 Å². The van der Waals surface area contributed by atoms with Crippen LogP contribution >= 0.6 is 0 Å². The van der Waals surface area contributed by atoms with Crippen LogP contribution in [0.2, 0.25) is 0 Å². The third-order valence-electron chi connectivity index (χ3n) is 3.57. The first kappa shape index (κ1) is 15.3. The first-order chi connectivity index (χ1) is 10.1. The number of hydrogen-bond donors (Lipinski definition) is 2. The maximum Gasteiger partial charge on any atom is 0.140 e. The molecule has 2 aromatic rings. The molecule has 5 nitrogen and oxygen atoms in total. The lowest BCUT2D eigenvalue weighted by molar-refractivity contribution is 0.218. The number of pyridine rings is 1. The molecular weight excluding hydrogens is 264 g/mol. The number of benzene rings is 1. The molecule has 0 aliphatic carbocycles. The molecule has 0 radical (unpaired) electrons. The Morgan fingerprint density at radius 1 is 1.38 bits per heavy atom. The molecule has 21 heavy (non-hydrogen) atoms. The number of rotatable bonds is 6. The van der Waals surface area contributed by atoms with Crippen LogP contribution in [-0.2, 0) is 6.54 Å². The Morgan fingerprint density at radius 3 is 2.90 bits per heavy atom. The summed E-state index contributed by atoms with van der Waals surface area (Å²) in [6.07, 6.45) is 2.36. The van der Waals surface area contributed by atoms with Crippen LogP contribution in [0.3, 0.4) is 0 Å². The van der Waals surface area contributed by atoms with Crippen molar-refractivity contribution >= 4 is 16.7 Å². The van der Waals surface area contributed by atoms with Gasteiger partial charge in [0, 0.05) is 37.1 Å². The van der Waals surface area contributed by atoms with Gasteiger partial charge in [-0.25, -0.2) is 0 Å². The zero-order valence-corrected chi connectivity index (χ0v) is 12.5. The Labute approximate surface area is 125 Å². The largest absolute Gasteiger partial charge is 0.409 e. The summed E-state index contributed by atoms with van der Waals surface area (Å²) in [5, 5.41) is 12.8. The quantitative estimate of drug-likeness (QED) is 0.370. The number of oxime groups is 1. The van der Waals surface area contributed by atoms with Crippen LogP contribution in [-0.4, -0.2) is 33.5 Å². The second-order valence-corrected chi connectivity index (χ2v) is 5.44. The highest BCUT2D eigenvalue weighted by molar-refractivity contribution is 5.80. The summed E-state index contributed by atoms with van der Waals surface area (Å²) in [6.45, 7) is 5.89. The van der Waals surface area contributed by atoms with Crippen molar-refractivity contribution in [2.24, 2.45) is 10.9 Å². The van der Waals surface area contributed by atoms with E-state index in [4.69, 9.17) is 10.9 Å². The molecule has 5 heteroatoms. The summed E-state index contributed by atoms with van der Waals surface area (Å²) in [7, 11) is 0. The van der Waals surface area contributed by atoms with E-state index in [1.54, 1.807) is 6.20 Å². The molecule has 0 fully saturated rings. The van der Waals surface area contributed by atoms with Gasteiger partial charge in [-0.1, -0.05) is 17.3 Å². The maximum atomic E-state index is 8.63. The highest BCUT2D eigenvalue weighted by Crippen LogP contribution is 2.16. The van der Waals surface area contributed by atoms with Gasteiger partial charge in [0.1, 0.15) is 5.84 Å². The topological polar surface area (TPSA) is 74.7 Å². The third kappa shape index (κ3) is 4.16. The van der Waals surface area contributed by atoms with Crippen molar-refractivity contribution in [3.8, 4) is 0 Å². The van der Waals surface area contributed by atoms with E-state index in [2.05, 4.69) is 47.1 Å². The second-order valence-electron chi connectivity index (χ2n) is 5.44. The molecule has 1 aromatic heterocycles. The van der Waals surface area contributed by atoms with Crippen molar-refractivity contribution in [2.75, 3.05) is 6.54 Å². The van der Waals surface area contributed by atoms with E-state index < -0.39 is 0 Å². The highest BCUT2D eigenvalue weighted by Gasteiger charge is 2.11. The molecule has 1 heterocycles. The lowest BCUT2D eigenvalue weighted by Crippen LogP contribution is -2.33. The predicted molar refractivity (Wildman–Crippen MR) is 85.3 cm³/mol. The van der Waals surface area contributed by atoms with Crippen molar-refractivity contribution < 1.29 is 5.21 Å². The Bertz CT molecular complexity index is 624. The first-order valence-corrected chi connectivity index (χ1v) is 7.14. The minimum absolute atomic E-state index is 0.267. The fourth-order valence-corrected chi connectivity index (χ4v) is 2.29. The van der Waals surface area contributed by atoms with Crippen LogP contribution < -0.4 is 5.73 Å². The normalized spacial score (nSPS) is 12.5. The average Bonchev–Trinajstić information content (AvgIpc) is 2.50. The number of hydrogen-bond acceptors (Lipinski definition) is 4. The lowest BCUT2D eigenvalue weighted by atomic mass is 10.1. The smallest absolute Gasteiger partial charge is 0.140 e. The van der Waals surface area contributed by atoms with Gasteiger partial charge < -0.3 is 10.9 Å². The average molecular weight is 286 g/mol. The van der Waals surface area contributed by atoms with E-state index in [0.29, 0.717) is 12.5 Å². The highest BCUT2D eigenvalue weighted by atomic mass is 16.4. The fraction of sp³-hybridized carbons (Fsp3) is 0.375. The molecule has 0 aliphatic heterocycles. The van der Waals surface area contributed by atoms with E-state index in [0.717, 1.165) is 24.0 Å². The van der Waals surface area contributed by atoms with Gasteiger partial charge in [0.15, 0.2) is 0 Å². The minimum atomic E-state index is 0.267.